The Morgan fingerprint density at radius 2 is 1.88 bits per heavy atom. The van der Waals surface area contributed by atoms with Gasteiger partial charge >= 0.3 is 0 Å². The second-order valence-corrected chi connectivity index (χ2v) is 5.94. The first-order valence-electron chi connectivity index (χ1n) is 8.06. The third-order valence-corrected chi connectivity index (χ3v) is 3.74. The molecule has 2 aromatic carbocycles. The molecule has 0 unspecified atom stereocenters. The van der Waals surface area contributed by atoms with Gasteiger partial charge in [0.1, 0.15) is 5.75 Å². The summed E-state index contributed by atoms with van der Waals surface area (Å²) in [5, 5.41) is 3.45. The topological polar surface area (TPSA) is 51.2 Å². The van der Waals surface area contributed by atoms with E-state index in [0.717, 1.165) is 11.3 Å². The molecule has 0 bridgehead atoms. The molecule has 1 heterocycles. The van der Waals surface area contributed by atoms with E-state index in [-0.39, 0.29) is 12.5 Å². The van der Waals surface area contributed by atoms with Crippen molar-refractivity contribution >= 4 is 35.3 Å². The Bertz CT molecular complexity index is 893. The van der Waals surface area contributed by atoms with Crippen LogP contribution in [0.25, 0.3) is 12.2 Å². The lowest BCUT2D eigenvalue weighted by Crippen LogP contribution is -2.20. The Morgan fingerprint density at radius 3 is 2.65 bits per heavy atom. The lowest BCUT2D eigenvalue weighted by molar-refractivity contribution is -0.118. The van der Waals surface area contributed by atoms with Gasteiger partial charge in [0.15, 0.2) is 6.61 Å². The van der Waals surface area contributed by atoms with Gasteiger partial charge in [-0.1, -0.05) is 35.9 Å². The van der Waals surface area contributed by atoms with Gasteiger partial charge in [-0.3, -0.25) is 9.78 Å². The van der Waals surface area contributed by atoms with E-state index in [4.69, 9.17) is 16.3 Å². The predicted octanol–water partition coefficient (Wildman–Crippen LogP) is 4.92. The molecule has 26 heavy (non-hydrogen) atoms. The molecule has 0 spiro atoms. The second-order valence-electron chi connectivity index (χ2n) is 5.50. The number of nitrogens with zero attached hydrogens (tertiary/aromatic N) is 1. The van der Waals surface area contributed by atoms with Crippen molar-refractivity contribution in [2.45, 2.75) is 0 Å². The predicted molar refractivity (Wildman–Crippen MR) is 105 cm³/mol. The second kappa shape index (κ2) is 8.83. The summed E-state index contributed by atoms with van der Waals surface area (Å²) in [7, 11) is 0. The molecule has 5 heteroatoms. The Hall–Kier alpha value is -3.11. The number of carbonyl (C=O) groups excluding carboxylic acids is 1. The average molecular weight is 365 g/mol. The Balaban J connectivity index is 1.56. The quantitative estimate of drug-likeness (QED) is 0.675. The van der Waals surface area contributed by atoms with Crippen molar-refractivity contribution < 1.29 is 9.53 Å². The van der Waals surface area contributed by atoms with Gasteiger partial charge in [-0.2, -0.15) is 0 Å². The number of nitrogens with one attached hydrogen (secondary N) is 1. The summed E-state index contributed by atoms with van der Waals surface area (Å²) in [6.07, 6.45) is 5.61. The van der Waals surface area contributed by atoms with Gasteiger partial charge < -0.3 is 10.1 Å². The van der Waals surface area contributed by atoms with E-state index in [1.165, 1.54) is 0 Å². The molecule has 1 N–H and O–H groups in total. The standard InChI is InChI=1S/C21H17ClN2O2/c22-17-8-11-20(12-9-17)26-15-21(25)24-19-6-3-4-16(14-19)7-10-18-5-1-2-13-23-18/h1-14H,15H2,(H,24,25). The summed E-state index contributed by atoms with van der Waals surface area (Å²) in [6.45, 7) is -0.0738. The minimum Gasteiger partial charge on any atom is -0.484 e. The number of hydrogen-bond donors (Lipinski definition) is 1. The van der Waals surface area contributed by atoms with Crippen molar-refractivity contribution in [2.24, 2.45) is 0 Å². The number of amides is 1. The molecule has 0 radical (unpaired) electrons. The first kappa shape index (κ1) is 17.7. The molecule has 0 atom stereocenters. The molecule has 0 saturated carbocycles. The van der Waals surface area contributed by atoms with Crippen molar-refractivity contribution in [1.82, 2.24) is 4.98 Å². The van der Waals surface area contributed by atoms with E-state index in [1.54, 1.807) is 30.5 Å². The van der Waals surface area contributed by atoms with Crippen LogP contribution in [0, 0.1) is 0 Å². The zero-order chi connectivity index (χ0) is 18.2. The van der Waals surface area contributed by atoms with Crippen LogP contribution in [-0.2, 0) is 4.79 Å². The molecule has 0 aliphatic heterocycles. The third kappa shape index (κ3) is 5.46. The summed E-state index contributed by atoms with van der Waals surface area (Å²) in [5.41, 5.74) is 2.54. The minimum absolute atomic E-state index is 0.0738. The number of benzene rings is 2. The Labute approximate surface area is 157 Å². The normalized spacial score (nSPS) is 10.7. The molecule has 130 valence electrons. The van der Waals surface area contributed by atoms with Crippen molar-refractivity contribution in [2.75, 3.05) is 11.9 Å². The highest BCUT2D eigenvalue weighted by Crippen LogP contribution is 2.16. The summed E-state index contributed by atoms with van der Waals surface area (Å²) in [5.74, 6) is 0.363. The molecule has 0 aliphatic carbocycles. The number of rotatable bonds is 6. The number of pyridine rings is 1. The average Bonchev–Trinajstić information content (AvgIpc) is 2.67. The van der Waals surface area contributed by atoms with Crippen LogP contribution >= 0.6 is 11.6 Å². The van der Waals surface area contributed by atoms with E-state index in [9.17, 15) is 4.79 Å². The summed E-state index contributed by atoms with van der Waals surface area (Å²) in [6, 6.07) is 20.2. The molecule has 0 fully saturated rings. The van der Waals surface area contributed by atoms with Gasteiger partial charge in [-0.15, -0.1) is 0 Å². The van der Waals surface area contributed by atoms with E-state index < -0.39 is 0 Å². The largest absolute Gasteiger partial charge is 0.484 e. The Morgan fingerprint density at radius 1 is 1.04 bits per heavy atom. The van der Waals surface area contributed by atoms with Gasteiger partial charge in [0, 0.05) is 16.9 Å². The maximum atomic E-state index is 12.1. The smallest absolute Gasteiger partial charge is 0.262 e. The molecule has 3 rings (SSSR count). The molecule has 4 nitrogen and oxygen atoms in total. The van der Waals surface area contributed by atoms with Crippen LogP contribution in [0.1, 0.15) is 11.3 Å². The van der Waals surface area contributed by atoms with E-state index >= 15 is 0 Å². The maximum absolute atomic E-state index is 12.1. The van der Waals surface area contributed by atoms with Gasteiger partial charge in [0.05, 0.1) is 5.69 Å². The Kier molecular flexibility index (Phi) is 6.01. The van der Waals surface area contributed by atoms with Crippen molar-refractivity contribution in [3.8, 4) is 5.75 Å². The monoisotopic (exact) mass is 364 g/mol. The molecule has 0 saturated heterocycles. The zero-order valence-electron chi connectivity index (χ0n) is 13.9. The van der Waals surface area contributed by atoms with Gasteiger partial charge in [-0.05, 0) is 60.2 Å². The number of aromatic nitrogens is 1. The van der Waals surface area contributed by atoms with Gasteiger partial charge in [0.2, 0.25) is 0 Å². The fourth-order valence-electron chi connectivity index (χ4n) is 2.25. The molecular weight excluding hydrogens is 348 g/mol. The number of hydrogen-bond acceptors (Lipinski definition) is 3. The van der Waals surface area contributed by atoms with Crippen LogP contribution in [0.2, 0.25) is 5.02 Å². The molecule has 1 amide bonds. The summed E-state index contributed by atoms with van der Waals surface area (Å²) < 4.78 is 5.44. The number of halogens is 1. The van der Waals surface area contributed by atoms with Crippen molar-refractivity contribution in [3.05, 3.63) is 89.2 Å². The van der Waals surface area contributed by atoms with Crippen molar-refractivity contribution in [3.63, 3.8) is 0 Å². The van der Waals surface area contributed by atoms with Crippen LogP contribution in [0.15, 0.2) is 72.9 Å². The molecule has 0 aliphatic rings. The highest BCUT2D eigenvalue weighted by molar-refractivity contribution is 6.30. The lowest BCUT2D eigenvalue weighted by Gasteiger charge is -2.08. The number of ether oxygens (including phenoxy) is 1. The zero-order valence-corrected chi connectivity index (χ0v) is 14.7. The van der Waals surface area contributed by atoms with E-state index in [1.807, 2.05) is 54.6 Å². The molecule has 1 aromatic heterocycles. The maximum Gasteiger partial charge on any atom is 0.262 e. The third-order valence-electron chi connectivity index (χ3n) is 3.49. The molecular formula is C21H17ClN2O2. The number of carbonyl (C=O) groups is 1. The van der Waals surface area contributed by atoms with Gasteiger partial charge in [0.25, 0.3) is 5.91 Å². The van der Waals surface area contributed by atoms with Crippen LogP contribution < -0.4 is 10.1 Å². The highest BCUT2D eigenvalue weighted by Gasteiger charge is 2.04. The van der Waals surface area contributed by atoms with E-state index in [0.29, 0.717) is 16.5 Å². The minimum atomic E-state index is -0.231. The van der Waals surface area contributed by atoms with E-state index in [2.05, 4.69) is 10.3 Å². The summed E-state index contributed by atoms with van der Waals surface area (Å²) >= 11 is 5.82. The fourth-order valence-corrected chi connectivity index (χ4v) is 2.38. The van der Waals surface area contributed by atoms with Gasteiger partial charge in [-0.25, -0.2) is 0 Å². The van der Waals surface area contributed by atoms with Crippen LogP contribution in [0.4, 0.5) is 5.69 Å². The van der Waals surface area contributed by atoms with Crippen LogP contribution in [-0.4, -0.2) is 17.5 Å². The lowest BCUT2D eigenvalue weighted by atomic mass is 10.1. The summed E-state index contributed by atoms with van der Waals surface area (Å²) in [4.78, 5) is 16.3. The fraction of sp³-hybridized carbons (Fsp3) is 0.0476. The number of anilines is 1. The SMILES string of the molecule is O=C(COc1ccc(Cl)cc1)Nc1cccc(C=Cc2ccccn2)c1. The molecule has 3 aromatic rings. The highest BCUT2D eigenvalue weighted by atomic mass is 35.5. The first-order valence-corrected chi connectivity index (χ1v) is 8.44. The first-order chi connectivity index (χ1) is 12.7. The van der Waals surface area contributed by atoms with Crippen LogP contribution in [0.3, 0.4) is 0 Å². The van der Waals surface area contributed by atoms with Crippen molar-refractivity contribution in [1.29, 1.82) is 0 Å². The van der Waals surface area contributed by atoms with Crippen LogP contribution in [0.5, 0.6) is 5.75 Å².